The van der Waals surface area contributed by atoms with Crippen molar-refractivity contribution >= 4 is 46.7 Å². The van der Waals surface area contributed by atoms with Gasteiger partial charge in [0, 0.05) is 12.0 Å². The van der Waals surface area contributed by atoms with E-state index in [2.05, 4.69) is 6.07 Å². The number of ether oxygens (including phenoxy) is 2. The number of halogens is 3. The van der Waals surface area contributed by atoms with Crippen LogP contribution >= 0.6 is 34.8 Å². The summed E-state index contributed by atoms with van der Waals surface area (Å²) in [5.41, 5.74) is -1.80. The van der Waals surface area contributed by atoms with Gasteiger partial charge in [-0.2, -0.15) is 5.26 Å². The van der Waals surface area contributed by atoms with Gasteiger partial charge in [0.05, 0.1) is 12.0 Å². The number of nitrogens with zero attached hydrogens (tertiary/aromatic N) is 1. The fraction of sp³-hybridized carbons (Fsp3) is 0.320. The van der Waals surface area contributed by atoms with Crippen LogP contribution in [0.3, 0.4) is 0 Å². The molecule has 1 saturated carbocycles. The van der Waals surface area contributed by atoms with Crippen molar-refractivity contribution in [2.75, 3.05) is 6.61 Å². The van der Waals surface area contributed by atoms with E-state index in [1.54, 1.807) is 50.2 Å². The molecule has 3 atom stereocenters. The van der Waals surface area contributed by atoms with Gasteiger partial charge in [-0.25, -0.2) is 4.79 Å². The average molecular weight is 523 g/mol. The second-order valence-electron chi connectivity index (χ2n) is 8.51. The Hall–Kier alpha value is -2.72. The maximum absolute atomic E-state index is 12.6. The predicted octanol–water partition coefficient (Wildman–Crippen LogP) is 6.28. The van der Waals surface area contributed by atoms with Crippen molar-refractivity contribution in [2.24, 2.45) is 16.7 Å². The minimum atomic E-state index is -1.76. The summed E-state index contributed by atoms with van der Waals surface area (Å²) in [6.07, 6.45) is 2.56. The molecule has 3 rings (SSSR count). The van der Waals surface area contributed by atoms with Crippen LogP contribution in [-0.4, -0.2) is 27.4 Å². The van der Waals surface area contributed by atoms with E-state index in [-0.39, 0.29) is 0 Å². The van der Waals surface area contributed by atoms with Crippen LogP contribution in [-0.2, 0) is 14.3 Å². The number of carboxylic acid groups (broad SMARTS) is 1. The molecule has 0 unspecified atom stereocenters. The van der Waals surface area contributed by atoms with E-state index in [1.165, 1.54) is 6.08 Å². The van der Waals surface area contributed by atoms with Gasteiger partial charge in [0.25, 0.3) is 0 Å². The van der Waals surface area contributed by atoms with Crippen LogP contribution in [0.2, 0.25) is 0 Å². The Morgan fingerprint density at radius 1 is 1.15 bits per heavy atom. The highest BCUT2D eigenvalue weighted by atomic mass is 35.6. The van der Waals surface area contributed by atoms with Crippen molar-refractivity contribution in [3.8, 4) is 17.6 Å². The summed E-state index contributed by atoms with van der Waals surface area (Å²) in [7, 11) is 0. The van der Waals surface area contributed by atoms with E-state index >= 15 is 0 Å². The molecule has 0 spiro atoms. The van der Waals surface area contributed by atoms with Crippen LogP contribution in [0.5, 0.6) is 11.5 Å². The zero-order valence-electron chi connectivity index (χ0n) is 18.4. The number of hydrogen-bond acceptors (Lipinski definition) is 5. The van der Waals surface area contributed by atoms with Gasteiger partial charge in [-0.1, -0.05) is 85.1 Å². The molecule has 0 saturated heterocycles. The van der Waals surface area contributed by atoms with Crippen LogP contribution in [0.15, 0.2) is 66.7 Å². The Labute approximate surface area is 212 Å². The summed E-state index contributed by atoms with van der Waals surface area (Å²) >= 11 is 16.7. The first-order valence-corrected chi connectivity index (χ1v) is 11.4. The molecule has 178 valence electrons. The highest BCUT2D eigenvalue weighted by Gasteiger charge is 2.78. The van der Waals surface area contributed by atoms with Crippen molar-refractivity contribution in [2.45, 2.75) is 23.6 Å². The second-order valence-corrected chi connectivity index (χ2v) is 11.0. The Bertz CT molecular complexity index is 1140. The topological polar surface area (TPSA) is 96.6 Å². The zero-order valence-corrected chi connectivity index (χ0v) is 20.6. The first-order chi connectivity index (χ1) is 15.9. The zero-order chi connectivity index (χ0) is 25.1. The van der Waals surface area contributed by atoms with E-state index < -0.39 is 45.0 Å². The monoisotopic (exact) mass is 521 g/mol. The Morgan fingerprint density at radius 2 is 1.79 bits per heavy atom. The van der Waals surface area contributed by atoms with Gasteiger partial charge in [0.1, 0.15) is 23.5 Å². The van der Waals surface area contributed by atoms with Crippen LogP contribution in [0.1, 0.15) is 25.3 Å². The molecule has 34 heavy (non-hydrogen) atoms. The number of allylic oxidation sites excluding steroid dienone is 1. The van der Waals surface area contributed by atoms with Gasteiger partial charge in [0.2, 0.25) is 3.79 Å². The molecule has 0 aromatic heterocycles. The molecule has 9 heteroatoms. The third-order valence-corrected chi connectivity index (χ3v) is 6.49. The lowest BCUT2D eigenvalue weighted by atomic mass is 9.78. The van der Waals surface area contributed by atoms with Gasteiger partial charge in [-0.05, 0) is 35.2 Å². The molecular formula is C25H22Cl3NO5. The van der Waals surface area contributed by atoms with Gasteiger partial charge in [0.15, 0.2) is 0 Å². The first kappa shape index (κ1) is 25.9. The molecule has 0 heterocycles. The molecule has 6 nitrogen and oxygen atoms in total. The van der Waals surface area contributed by atoms with Crippen LogP contribution in [0.4, 0.5) is 0 Å². The van der Waals surface area contributed by atoms with Gasteiger partial charge in [-0.15, -0.1) is 0 Å². The smallest absolute Gasteiger partial charge is 0.330 e. The lowest BCUT2D eigenvalue weighted by molar-refractivity contribution is -0.145. The number of nitriles is 1. The number of carboxylic acids is 1. The van der Waals surface area contributed by atoms with Gasteiger partial charge >= 0.3 is 11.9 Å². The predicted molar refractivity (Wildman–Crippen MR) is 129 cm³/mol. The Morgan fingerprint density at radius 3 is 2.38 bits per heavy atom. The largest absolute Gasteiger partial charge is 0.481 e. The molecule has 0 radical (unpaired) electrons. The molecule has 0 amide bonds. The number of esters is 1. The number of benzene rings is 2. The molecule has 0 bridgehead atoms. The molecule has 1 fully saturated rings. The molecule has 0 aliphatic heterocycles. The van der Waals surface area contributed by atoms with Gasteiger partial charge < -0.3 is 14.6 Å². The normalized spacial score (nSPS) is 21.9. The summed E-state index contributed by atoms with van der Waals surface area (Å²) in [4.78, 5) is 24.6. The van der Waals surface area contributed by atoms with Crippen molar-refractivity contribution in [1.82, 2.24) is 0 Å². The summed E-state index contributed by atoms with van der Waals surface area (Å²) in [6, 6.07) is 18.1. The number of carbonyl (C=O) groups is 2. The second kappa shape index (κ2) is 9.87. The lowest BCUT2D eigenvalue weighted by Crippen LogP contribution is -2.28. The van der Waals surface area contributed by atoms with Crippen molar-refractivity contribution < 1.29 is 24.2 Å². The number of aliphatic carboxylic acids is 1. The lowest BCUT2D eigenvalue weighted by Gasteiger charge is -2.22. The van der Waals surface area contributed by atoms with Crippen molar-refractivity contribution in [3.05, 3.63) is 72.3 Å². The quantitative estimate of drug-likeness (QED) is 0.249. The van der Waals surface area contributed by atoms with E-state index in [0.717, 1.165) is 6.08 Å². The maximum atomic E-state index is 12.6. The number of rotatable bonds is 8. The number of para-hydroxylation sites is 1. The third kappa shape index (κ3) is 5.17. The molecular weight excluding hydrogens is 501 g/mol. The molecule has 2 aromatic carbocycles. The molecule has 1 aliphatic rings. The first-order valence-electron chi connectivity index (χ1n) is 10.3. The summed E-state index contributed by atoms with van der Waals surface area (Å²) < 4.78 is 8.97. The third-order valence-electron chi connectivity index (χ3n) is 6.16. The maximum Gasteiger partial charge on any atom is 0.330 e. The van der Waals surface area contributed by atoms with Gasteiger partial charge in [-0.3, -0.25) is 4.79 Å². The number of hydrogen-bond donors (Lipinski definition) is 1. The van der Waals surface area contributed by atoms with E-state index in [9.17, 15) is 20.0 Å². The fourth-order valence-electron chi connectivity index (χ4n) is 4.51. The fourth-order valence-corrected chi connectivity index (χ4v) is 4.67. The highest BCUT2D eigenvalue weighted by molar-refractivity contribution is 6.67. The number of carbonyl (C=O) groups excluding carboxylic acids is 1. The summed E-state index contributed by atoms with van der Waals surface area (Å²) in [5, 5.41) is 20.3. The van der Waals surface area contributed by atoms with E-state index in [4.69, 9.17) is 44.3 Å². The minimum absolute atomic E-state index is 0.450. The van der Waals surface area contributed by atoms with Crippen LogP contribution < -0.4 is 4.74 Å². The van der Waals surface area contributed by atoms with E-state index in [0.29, 0.717) is 17.1 Å². The number of alkyl halides is 3. The molecule has 1 aliphatic carbocycles. The van der Waals surface area contributed by atoms with Crippen molar-refractivity contribution in [3.63, 3.8) is 0 Å². The van der Waals surface area contributed by atoms with Crippen molar-refractivity contribution in [1.29, 1.82) is 5.26 Å². The van der Waals surface area contributed by atoms with Crippen LogP contribution in [0.25, 0.3) is 0 Å². The summed E-state index contributed by atoms with van der Waals surface area (Å²) in [5.74, 6) is -2.46. The summed E-state index contributed by atoms with van der Waals surface area (Å²) in [6.45, 7) is 3.04. The standard InChI is InChI=1S/C25H22Cl3NO5/c1-23(2)20(11-12-21(30)33-15-24(26,27)28)25(23,22(31)32)19(14-29)16-7-6-10-18(13-16)34-17-8-4-3-5-9-17/h3-13,19-20H,15H2,1-2H3,(H,31,32)/b12-11-/t19-,20-,25+/m0/s1. The minimum Gasteiger partial charge on any atom is -0.481 e. The Balaban J connectivity index is 1.89. The SMILES string of the molecule is CC1(C)[C@H](/C=C\C(=O)OCC(Cl)(Cl)Cl)[C@@]1(C(=O)O)[C@@H](C#N)c1cccc(Oc2ccccc2)c1. The molecule has 2 aromatic rings. The van der Waals surface area contributed by atoms with Crippen LogP contribution in [0, 0.1) is 28.1 Å². The molecule has 1 N–H and O–H groups in total. The van der Waals surface area contributed by atoms with E-state index in [1.807, 2.05) is 18.2 Å². The Kier molecular flexibility index (Phi) is 7.52. The highest BCUT2D eigenvalue weighted by Crippen LogP contribution is 2.75. The average Bonchev–Trinajstić information content (AvgIpc) is 3.27.